The lowest BCUT2D eigenvalue weighted by Gasteiger charge is -2.15. The summed E-state index contributed by atoms with van der Waals surface area (Å²) in [4.78, 5) is 24.6. The number of anilines is 1. The summed E-state index contributed by atoms with van der Waals surface area (Å²) >= 11 is 0. The lowest BCUT2D eigenvalue weighted by molar-refractivity contribution is -0.109. The smallest absolute Gasteiger partial charge is 0.261 e. The second-order valence-corrected chi connectivity index (χ2v) is 9.73. The van der Waals surface area contributed by atoms with E-state index in [4.69, 9.17) is 0 Å². The van der Waals surface area contributed by atoms with Crippen LogP contribution in [0.4, 0.5) is 5.69 Å². The van der Waals surface area contributed by atoms with Crippen molar-refractivity contribution in [3.8, 4) is 0 Å². The summed E-state index contributed by atoms with van der Waals surface area (Å²) in [5.74, 6) is -0.447. The monoisotopic (exact) mass is 472 g/mol. The molecule has 4 rings (SSSR count). The third kappa shape index (κ3) is 5.32. The zero-order valence-corrected chi connectivity index (χ0v) is 19.4. The van der Waals surface area contributed by atoms with Gasteiger partial charge in [-0.05, 0) is 59.5 Å². The molecule has 0 heterocycles. The number of sulfonamides is 1. The minimum absolute atomic E-state index is 0.127. The molecule has 0 saturated carbocycles. The maximum Gasteiger partial charge on any atom is 0.261 e. The van der Waals surface area contributed by atoms with Gasteiger partial charge in [0.25, 0.3) is 15.9 Å². The molecule has 6 nitrogen and oxygen atoms in total. The van der Waals surface area contributed by atoms with E-state index in [-0.39, 0.29) is 10.6 Å². The van der Waals surface area contributed by atoms with Gasteiger partial charge in [-0.25, -0.2) is 8.42 Å². The number of benzene rings is 4. The Balaban J connectivity index is 1.53. The zero-order valence-electron chi connectivity index (χ0n) is 18.6. The van der Waals surface area contributed by atoms with Crippen LogP contribution < -0.4 is 10.0 Å². The van der Waals surface area contributed by atoms with Crippen molar-refractivity contribution in [1.82, 2.24) is 5.32 Å². The molecule has 4 aromatic carbocycles. The Morgan fingerprint density at radius 2 is 1.59 bits per heavy atom. The average Bonchev–Trinajstić information content (AvgIpc) is 2.85. The summed E-state index contributed by atoms with van der Waals surface area (Å²) in [6.45, 7) is 1.75. The molecule has 0 aliphatic carbocycles. The highest BCUT2D eigenvalue weighted by molar-refractivity contribution is 7.92. The van der Waals surface area contributed by atoms with Crippen LogP contribution in [0.25, 0.3) is 10.8 Å². The lowest BCUT2D eigenvalue weighted by Crippen LogP contribution is -2.38. The van der Waals surface area contributed by atoms with Crippen LogP contribution in [-0.2, 0) is 21.2 Å². The van der Waals surface area contributed by atoms with Gasteiger partial charge < -0.3 is 10.1 Å². The van der Waals surface area contributed by atoms with E-state index in [0.717, 1.165) is 16.3 Å². The number of aryl methyl sites for hydroxylation is 1. The largest absolute Gasteiger partial charge is 0.342 e. The summed E-state index contributed by atoms with van der Waals surface area (Å²) in [6.07, 6.45) is 1.07. The van der Waals surface area contributed by atoms with E-state index >= 15 is 0 Å². The van der Waals surface area contributed by atoms with E-state index in [1.807, 2.05) is 54.6 Å². The molecule has 0 aliphatic rings. The lowest BCUT2D eigenvalue weighted by atomic mass is 10.0. The van der Waals surface area contributed by atoms with Crippen molar-refractivity contribution in [2.75, 3.05) is 4.72 Å². The summed E-state index contributed by atoms with van der Waals surface area (Å²) in [5, 5.41) is 4.48. The Bertz CT molecular complexity index is 1450. The number of carbonyl (C=O) groups is 2. The number of hydrogen-bond donors (Lipinski definition) is 2. The number of amides is 1. The van der Waals surface area contributed by atoms with Crippen molar-refractivity contribution in [3.63, 3.8) is 0 Å². The minimum atomic E-state index is -3.87. The molecule has 172 valence electrons. The predicted molar refractivity (Wildman–Crippen MR) is 133 cm³/mol. The third-order valence-corrected chi connectivity index (χ3v) is 6.92. The summed E-state index contributed by atoms with van der Waals surface area (Å²) in [5.41, 5.74) is 2.14. The van der Waals surface area contributed by atoms with Crippen molar-refractivity contribution in [2.45, 2.75) is 24.3 Å². The van der Waals surface area contributed by atoms with Gasteiger partial charge in [-0.15, -0.1) is 0 Å². The minimum Gasteiger partial charge on any atom is -0.342 e. The average molecular weight is 473 g/mol. The third-order valence-electron chi connectivity index (χ3n) is 5.54. The van der Waals surface area contributed by atoms with Gasteiger partial charge >= 0.3 is 0 Å². The summed E-state index contributed by atoms with van der Waals surface area (Å²) < 4.78 is 28.5. The topological polar surface area (TPSA) is 92.3 Å². The number of rotatable bonds is 8. The maximum absolute atomic E-state index is 13.0. The molecule has 34 heavy (non-hydrogen) atoms. The van der Waals surface area contributed by atoms with E-state index in [2.05, 4.69) is 10.0 Å². The molecule has 0 saturated heterocycles. The fourth-order valence-corrected chi connectivity index (χ4v) is 4.81. The Hall–Kier alpha value is -3.97. The molecule has 2 N–H and O–H groups in total. The molecule has 0 bridgehead atoms. The van der Waals surface area contributed by atoms with Crippen molar-refractivity contribution >= 4 is 38.7 Å². The highest BCUT2D eigenvalue weighted by Crippen LogP contribution is 2.23. The second-order valence-electron chi connectivity index (χ2n) is 8.05. The van der Waals surface area contributed by atoms with E-state index in [1.165, 1.54) is 6.07 Å². The Kier molecular flexibility index (Phi) is 6.75. The van der Waals surface area contributed by atoms with Crippen LogP contribution in [0.3, 0.4) is 0 Å². The first-order chi connectivity index (χ1) is 16.4. The van der Waals surface area contributed by atoms with E-state index in [1.54, 1.807) is 37.3 Å². The molecule has 0 aromatic heterocycles. The molecule has 0 spiro atoms. The second kappa shape index (κ2) is 9.89. The van der Waals surface area contributed by atoms with Crippen molar-refractivity contribution < 1.29 is 18.0 Å². The van der Waals surface area contributed by atoms with E-state index in [9.17, 15) is 18.0 Å². The normalized spacial score (nSPS) is 12.1. The number of fused-ring (bicyclic) bond motifs is 1. The number of carbonyl (C=O) groups excluding carboxylic acids is 2. The van der Waals surface area contributed by atoms with Crippen LogP contribution in [0.15, 0.2) is 95.9 Å². The number of aldehydes is 1. The van der Waals surface area contributed by atoms with Crippen LogP contribution in [0.1, 0.15) is 21.5 Å². The van der Waals surface area contributed by atoms with Gasteiger partial charge in [-0.2, -0.15) is 0 Å². The Morgan fingerprint density at radius 1 is 0.882 bits per heavy atom. The molecule has 0 fully saturated rings. The van der Waals surface area contributed by atoms with Gasteiger partial charge in [0.1, 0.15) is 6.29 Å². The van der Waals surface area contributed by atoms with Crippen molar-refractivity contribution in [3.05, 3.63) is 108 Å². The SMILES string of the molecule is Cc1ccc(NS(=O)(=O)c2ccc3ccccc3c2)cc1C(=O)N[C@H](C=O)Cc1ccccc1. The van der Waals surface area contributed by atoms with Gasteiger partial charge in [-0.3, -0.25) is 9.52 Å². The van der Waals surface area contributed by atoms with Crippen LogP contribution in [0.5, 0.6) is 0 Å². The molecule has 0 aliphatic heterocycles. The Labute approximate surface area is 198 Å². The fourth-order valence-electron chi connectivity index (χ4n) is 3.73. The standard InChI is InChI=1S/C27H24N2O4S/c1-19-11-13-23(29-34(32,33)25-14-12-21-9-5-6-10-22(21)16-25)17-26(19)27(31)28-24(18-30)15-20-7-3-2-4-8-20/h2-14,16-18,24,29H,15H2,1H3,(H,28,31)/t24-/m0/s1. The molecule has 0 unspecified atom stereocenters. The summed E-state index contributed by atoms with van der Waals surface area (Å²) in [7, 11) is -3.87. The van der Waals surface area contributed by atoms with Crippen LogP contribution in [0.2, 0.25) is 0 Å². The van der Waals surface area contributed by atoms with Crippen LogP contribution in [0, 0.1) is 6.92 Å². The van der Waals surface area contributed by atoms with E-state index < -0.39 is 22.0 Å². The van der Waals surface area contributed by atoms with Gasteiger partial charge in [0.15, 0.2) is 0 Å². The van der Waals surface area contributed by atoms with Gasteiger partial charge in [0, 0.05) is 11.3 Å². The molecular formula is C27H24N2O4S. The first kappa shape index (κ1) is 23.2. The molecular weight excluding hydrogens is 448 g/mol. The molecule has 4 aromatic rings. The first-order valence-corrected chi connectivity index (χ1v) is 12.3. The van der Waals surface area contributed by atoms with Crippen LogP contribution in [-0.4, -0.2) is 26.7 Å². The van der Waals surface area contributed by atoms with Gasteiger partial charge in [0.05, 0.1) is 10.9 Å². The molecule has 0 radical (unpaired) electrons. The first-order valence-electron chi connectivity index (χ1n) is 10.8. The number of nitrogens with one attached hydrogen (secondary N) is 2. The van der Waals surface area contributed by atoms with Gasteiger partial charge in [-0.1, -0.05) is 66.7 Å². The Morgan fingerprint density at radius 3 is 2.32 bits per heavy atom. The number of hydrogen-bond acceptors (Lipinski definition) is 4. The zero-order chi connectivity index (χ0) is 24.1. The highest BCUT2D eigenvalue weighted by Gasteiger charge is 2.19. The van der Waals surface area contributed by atoms with E-state index in [0.29, 0.717) is 23.8 Å². The van der Waals surface area contributed by atoms with Crippen LogP contribution >= 0.6 is 0 Å². The summed E-state index contributed by atoms with van der Waals surface area (Å²) in [6, 6.07) is 25.8. The maximum atomic E-state index is 13.0. The highest BCUT2D eigenvalue weighted by atomic mass is 32.2. The predicted octanol–water partition coefficient (Wildman–Crippen LogP) is 4.49. The molecule has 1 atom stereocenters. The molecule has 7 heteroatoms. The van der Waals surface area contributed by atoms with Crippen molar-refractivity contribution in [2.24, 2.45) is 0 Å². The quantitative estimate of drug-likeness (QED) is 0.370. The van der Waals surface area contributed by atoms with Gasteiger partial charge in [0.2, 0.25) is 0 Å². The van der Waals surface area contributed by atoms with Crippen molar-refractivity contribution in [1.29, 1.82) is 0 Å². The molecule has 1 amide bonds. The fraction of sp³-hybridized carbons (Fsp3) is 0.111.